The van der Waals surface area contributed by atoms with Gasteiger partial charge >= 0.3 is 5.88 Å². The molecule has 0 saturated heterocycles. The van der Waals surface area contributed by atoms with E-state index >= 15 is 0 Å². The first kappa shape index (κ1) is 19.2. The number of hydrogen-bond donors (Lipinski definition) is 1. The van der Waals surface area contributed by atoms with Crippen LogP contribution >= 0.6 is 22.7 Å². The summed E-state index contributed by atoms with van der Waals surface area (Å²) in [6.45, 7) is 5.29. The average Bonchev–Trinajstić information content (AvgIpc) is 3.33. The number of Topliss-reactive ketones (excluding diaryl/α,β-unsaturated/α-hetero) is 1. The second kappa shape index (κ2) is 7.05. The van der Waals surface area contributed by atoms with Crippen molar-refractivity contribution >= 4 is 56.1 Å². The zero-order valence-corrected chi connectivity index (χ0v) is 17.8. The third kappa shape index (κ3) is 3.30. The summed E-state index contributed by atoms with van der Waals surface area (Å²) in [6.07, 6.45) is 1.48. The molecule has 0 aliphatic heterocycles. The number of aromatic nitrogens is 3. The number of rotatable bonds is 4. The van der Waals surface area contributed by atoms with Crippen LogP contribution in [0.25, 0.3) is 20.7 Å². The number of nitrogens with two attached hydrogens (primary N) is 1. The highest BCUT2D eigenvalue weighted by atomic mass is 32.1. The number of hydrogen-bond acceptors (Lipinski definition) is 9. The quantitative estimate of drug-likeness (QED) is 0.231. The fourth-order valence-corrected chi connectivity index (χ4v) is 5.14. The Hall–Kier alpha value is -3.11. The molecule has 0 amide bonds. The molecule has 10 heteroatoms. The summed E-state index contributed by atoms with van der Waals surface area (Å²) in [5, 5.41) is 17.0. The van der Waals surface area contributed by atoms with Gasteiger partial charge in [-0.05, 0) is 32.9 Å². The lowest BCUT2D eigenvalue weighted by atomic mass is 9.98. The smallest absolute Gasteiger partial charge is 0.320 e. The predicted molar refractivity (Wildman–Crippen MR) is 111 cm³/mol. The van der Waals surface area contributed by atoms with Crippen molar-refractivity contribution in [2.24, 2.45) is 12.0 Å². The van der Waals surface area contributed by atoms with Gasteiger partial charge in [0.05, 0.1) is 16.3 Å². The minimum absolute atomic E-state index is 0.0806. The van der Waals surface area contributed by atoms with Gasteiger partial charge in [0.1, 0.15) is 4.83 Å². The molecule has 0 aliphatic rings. The van der Waals surface area contributed by atoms with Crippen molar-refractivity contribution in [1.29, 1.82) is 0 Å². The van der Waals surface area contributed by atoms with Gasteiger partial charge < -0.3 is 10.8 Å². The van der Waals surface area contributed by atoms with Crippen molar-refractivity contribution < 1.29 is 19.1 Å². The molecule has 0 bridgehead atoms. The molecule has 29 heavy (non-hydrogen) atoms. The van der Waals surface area contributed by atoms with Crippen LogP contribution in [-0.2, 0) is 7.05 Å². The normalized spacial score (nSPS) is 12.1. The number of fused-ring (bicyclic) bond motifs is 1. The SMILES string of the molecule is CC(=O)c1c(C)nc2sc(/C([O-])=N/c3c[n+](C)no3)c(N)c2c1-c1ccc(C)s1. The van der Waals surface area contributed by atoms with E-state index in [-0.39, 0.29) is 22.2 Å². The second-order valence-corrected chi connectivity index (χ2v) is 8.86. The van der Waals surface area contributed by atoms with Gasteiger partial charge in [-0.15, -0.1) is 22.7 Å². The van der Waals surface area contributed by atoms with Gasteiger partial charge in [-0.25, -0.2) is 9.98 Å². The van der Waals surface area contributed by atoms with Crippen LogP contribution < -0.4 is 15.5 Å². The van der Waals surface area contributed by atoms with Gasteiger partial charge in [0, 0.05) is 32.2 Å². The number of pyridine rings is 1. The van der Waals surface area contributed by atoms with Gasteiger partial charge in [-0.2, -0.15) is 0 Å². The van der Waals surface area contributed by atoms with Crippen molar-refractivity contribution in [1.82, 2.24) is 10.3 Å². The Labute approximate surface area is 173 Å². The van der Waals surface area contributed by atoms with E-state index in [2.05, 4.69) is 15.2 Å². The van der Waals surface area contributed by atoms with Crippen LogP contribution in [-0.4, -0.2) is 21.9 Å². The molecule has 0 fully saturated rings. The first-order valence-electron chi connectivity index (χ1n) is 8.65. The number of carbonyl (C=O) groups is 1. The monoisotopic (exact) mass is 427 g/mol. The molecule has 0 radical (unpaired) electrons. The Morgan fingerprint density at radius 3 is 2.66 bits per heavy atom. The summed E-state index contributed by atoms with van der Waals surface area (Å²) in [4.78, 5) is 23.8. The molecule has 0 spiro atoms. The van der Waals surface area contributed by atoms with Crippen LogP contribution in [0.5, 0.6) is 0 Å². The number of nitrogens with zero attached hydrogens (tertiary/aromatic N) is 4. The Morgan fingerprint density at radius 2 is 2.07 bits per heavy atom. The Kier molecular flexibility index (Phi) is 4.67. The van der Waals surface area contributed by atoms with Crippen molar-refractivity contribution in [3.63, 3.8) is 0 Å². The standard InChI is InChI=1S/C19H17N5O3S2/c1-8-5-6-11(28-8)14-13(10(3)25)9(2)21-19-15(14)16(20)17(29-19)18(26)22-12-7-24(4)23-27-12/h5-7H,1-4H3,(H2-,20,22,23,26). The van der Waals surface area contributed by atoms with E-state index in [1.807, 2.05) is 19.1 Å². The number of anilines is 1. The maximum absolute atomic E-state index is 12.7. The fourth-order valence-electron chi connectivity index (χ4n) is 3.18. The van der Waals surface area contributed by atoms with Gasteiger partial charge in [0.25, 0.3) is 6.20 Å². The molecule has 0 atom stereocenters. The van der Waals surface area contributed by atoms with Crippen LogP contribution in [0.2, 0.25) is 0 Å². The highest BCUT2D eigenvalue weighted by Crippen LogP contribution is 2.44. The second-order valence-electron chi connectivity index (χ2n) is 6.57. The highest BCUT2D eigenvalue weighted by Gasteiger charge is 2.24. The molecule has 0 aromatic carbocycles. The Bertz CT molecular complexity index is 1300. The summed E-state index contributed by atoms with van der Waals surface area (Å²) < 4.78 is 6.37. The molecule has 4 rings (SSSR count). The van der Waals surface area contributed by atoms with E-state index < -0.39 is 5.90 Å². The molecule has 4 aromatic rings. The van der Waals surface area contributed by atoms with Crippen LogP contribution in [0.1, 0.15) is 32.7 Å². The third-order valence-corrected chi connectivity index (χ3v) is 6.47. The number of aryl methyl sites for hydroxylation is 3. The van der Waals surface area contributed by atoms with Gasteiger partial charge in [-0.1, -0.05) is 4.68 Å². The number of aliphatic imine (C=N–C) groups is 1. The molecule has 0 aliphatic carbocycles. The summed E-state index contributed by atoms with van der Waals surface area (Å²) >= 11 is 2.72. The lowest BCUT2D eigenvalue weighted by molar-refractivity contribution is -0.739. The molecule has 2 N–H and O–H groups in total. The number of carbonyl (C=O) groups excluding carboxylic acids is 1. The lowest BCUT2D eigenvalue weighted by Crippen LogP contribution is -2.27. The molecule has 0 unspecified atom stereocenters. The lowest BCUT2D eigenvalue weighted by Gasteiger charge is -2.11. The van der Waals surface area contributed by atoms with Crippen LogP contribution in [0.15, 0.2) is 27.8 Å². The van der Waals surface area contributed by atoms with E-state index in [4.69, 9.17) is 10.3 Å². The molecule has 4 aromatic heterocycles. The number of thiophene rings is 2. The van der Waals surface area contributed by atoms with Crippen molar-refractivity contribution in [2.75, 3.05) is 5.73 Å². The van der Waals surface area contributed by atoms with Crippen LogP contribution in [0.3, 0.4) is 0 Å². The van der Waals surface area contributed by atoms with E-state index in [9.17, 15) is 9.90 Å². The molecule has 0 saturated carbocycles. The Balaban J connectivity index is 2.01. The zero-order valence-electron chi connectivity index (χ0n) is 16.1. The van der Waals surface area contributed by atoms with Crippen molar-refractivity contribution in [3.8, 4) is 10.4 Å². The predicted octanol–water partition coefficient (Wildman–Crippen LogP) is 2.68. The summed E-state index contributed by atoms with van der Waals surface area (Å²) in [6, 6.07) is 3.94. The largest absolute Gasteiger partial charge is 0.857 e. The molecule has 4 heterocycles. The first-order valence-corrected chi connectivity index (χ1v) is 10.3. The van der Waals surface area contributed by atoms with E-state index in [0.29, 0.717) is 21.5 Å². The minimum Gasteiger partial charge on any atom is -0.857 e. The highest BCUT2D eigenvalue weighted by molar-refractivity contribution is 7.21. The first-order chi connectivity index (χ1) is 13.8. The fraction of sp³-hybridized carbons (Fsp3) is 0.211. The maximum Gasteiger partial charge on any atom is 0.320 e. The summed E-state index contributed by atoms with van der Waals surface area (Å²) in [7, 11) is 1.66. The van der Waals surface area contributed by atoms with E-state index in [1.54, 1.807) is 25.3 Å². The van der Waals surface area contributed by atoms with Gasteiger partial charge in [0.2, 0.25) is 0 Å². The average molecular weight is 428 g/mol. The summed E-state index contributed by atoms with van der Waals surface area (Å²) in [5.41, 5.74) is 8.49. The number of ketones is 1. The molecular weight excluding hydrogens is 410 g/mol. The van der Waals surface area contributed by atoms with Gasteiger partial charge in [-0.3, -0.25) is 9.32 Å². The molecule has 8 nitrogen and oxygen atoms in total. The topological polar surface area (TPSA) is 121 Å². The van der Waals surface area contributed by atoms with Crippen molar-refractivity contribution in [3.05, 3.63) is 39.3 Å². The van der Waals surface area contributed by atoms with Crippen molar-refractivity contribution in [2.45, 2.75) is 20.8 Å². The van der Waals surface area contributed by atoms with E-state index in [0.717, 1.165) is 26.7 Å². The zero-order chi connectivity index (χ0) is 20.9. The minimum atomic E-state index is -0.544. The number of nitrogen functional groups attached to an aromatic ring is 1. The Morgan fingerprint density at radius 1 is 1.31 bits per heavy atom. The summed E-state index contributed by atoms with van der Waals surface area (Å²) in [5.74, 6) is -0.565. The maximum atomic E-state index is 12.7. The molecule has 148 valence electrons. The van der Waals surface area contributed by atoms with E-state index in [1.165, 1.54) is 17.8 Å². The van der Waals surface area contributed by atoms with Crippen LogP contribution in [0.4, 0.5) is 11.6 Å². The van der Waals surface area contributed by atoms with Gasteiger partial charge in [0.15, 0.2) is 18.1 Å². The van der Waals surface area contributed by atoms with Crippen LogP contribution in [0, 0.1) is 13.8 Å². The molecular formula is C19H17N5O3S2. The third-order valence-electron chi connectivity index (χ3n) is 4.36.